The van der Waals surface area contributed by atoms with Crippen LogP contribution >= 0.6 is 0 Å². The maximum atomic E-state index is 2.56. The van der Waals surface area contributed by atoms with Gasteiger partial charge >= 0.3 is 0 Å². The number of hydrogen-bond donors (Lipinski definition) is 0. The van der Waals surface area contributed by atoms with Crippen LogP contribution in [0.25, 0.3) is 0 Å². The lowest BCUT2D eigenvalue weighted by molar-refractivity contribution is 0.243. The van der Waals surface area contributed by atoms with Gasteiger partial charge in [-0.1, -0.05) is 30.9 Å². The van der Waals surface area contributed by atoms with E-state index >= 15 is 0 Å². The van der Waals surface area contributed by atoms with Crippen LogP contribution in [-0.4, -0.2) is 25.0 Å². The topological polar surface area (TPSA) is 3.24 Å². The predicted molar refractivity (Wildman–Crippen MR) is 70.6 cm³/mol. The quantitative estimate of drug-likeness (QED) is 0.649. The van der Waals surface area contributed by atoms with Gasteiger partial charge in [0.15, 0.2) is 0 Å². The molecule has 0 radical (unpaired) electrons. The second-order valence-electron chi connectivity index (χ2n) is 5.81. The van der Waals surface area contributed by atoms with Gasteiger partial charge in [0, 0.05) is 13.1 Å². The lowest BCUT2D eigenvalue weighted by Crippen LogP contribution is -2.29. The van der Waals surface area contributed by atoms with Gasteiger partial charge in [-0.05, 0) is 51.5 Å². The number of allylic oxidation sites excluding steroid dienone is 1. The number of rotatable bonds is 4. The first-order valence-corrected chi connectivity index (χ1v) is 7.21. The van der Waals surface area contributed by atoms with Gasteiger partial charge in [-0.15, -0.1) is 0 Å². The van der Waals surface area contributed by atoms with E-state index in [1.165, 1.54) is 70.9 Å². The van der Waals surface area contributed by atoms with Crippen molar-refractivity contribution in [2.24, 2.45) is 5.92 Å². The average Bonchev–Trinajstić information content (AvgIpc) is 2.31. The van der Waals surface area contributed by atoms with Crippen molar-refractivity contribution in [3.05, 3.63) is 11.6 Å². The second-order valence-corrected chi connectivity index (χ2v) is 5.81. The smallest absolute Gasteiger partial charge is 0.0189 e. The fourth-order valence-electron chi connectivity index (χ4n) is 3.27. The minimum absolute atomic E-state index is 0.989. The molecule has 16 heavy (non-hydrogen) atoms. The minimum atomic E-state index is 0.989. The van der Waals surface area contributed by atoms with E-state index in [9.17, 15) is 0 Å². The molecule has 0 atom stereocenters. The van der Waals surface area contributed by atoms with E-state index in [2.05, 4.69) is 18.0 Å². The zero-order valence-electron chi connectivity index (χ0n) is 10.9. The molecule has 0 unspecified atom stereocenters. The summed E-state index contributed by atoms with van der Waals surface area (Å²) in [5.41, 5.74) is 1.70. The number of likely N-dealkylation sites (N-methyl/N-ethyl adjacent to an activating group) is 1. The zero-order valence-corrected chi connectivity index (χ0v) is 10.9. The largest absolute Gasteiger partial charge is 0.302 e. The third kappa shape index (κ3) is 3.93. The molecular weight excluding hydrogens is 194 g/mol. The first-order chi connectivity index (χ1) is 7.84. The monoisotopic (exact) mass is 221 g/mol. The van der Waals surface area contributed by atoms with Crippen LogP contribution in [0, 0.1) is 5.92 Å². The molecule has 0 aromatic heterocycles. The summed E-state index contributed by atoms with van der Waals surface area (Å²) in [6.45, 7) is 2.56. The summed E-state index contributed by atoms with van der Waals surface area (Å²) in [6.07, 6.45) is 15.4. The van der Waals surface area contributed by atoms with Crippen LogP contribution in [0.1, 0.15) is 57.8 Å². The number of nitrogens with zero attached hydrogens (tertiary/aromatic N) is 1. The van der Waals surface area contributed by atoms with E-state index in [-0.39, 0.29) is 0 Å². The summed E-state index contributed by atoms with van der Waals surface area (Å²) >= 11 is 0. The first kappa shape index (κ1) is 12.2. The molecule has 1 nitrogen and oxygen atoms in total. The maximum absolute atomic E-state index is 2.56. The third-order valence-electron chi connectivity index (χ3n) is 4.15. The van der Waals surface area contributed by atoms with E-state index in [4.69, 9.17) is 0 Å². The molecule has 2 aliphatic carbocycles. The Labute approximate surface area is 101 Å². The van der Waals surface area contributed by atoms with Crippen molar-refractivity contribution >= 4 is 0 Å². The Bertz CT molecular complexity index is 226. The van der Waals surface area contributed by atoms with Crippen molar-refractivity contribution in [2.45, 2.75) is 57.8 Å². The highest BCUT2D eigenvalue weighted by Gasteiger charge is 2.16. The summed E-state index contributed by atoms with van der Waals surface area (Å²) in [5.74, 6) is 0.989. The summed E-state index contributed by atoms with van der Waals surface area (Å²) in [6, 6.07) is 0. The summed E-state index contributed by atoms with van der Waals surface area (Å²) in [4.78, 5) is 2.56. The van der Waals surface area contributed by atoms with Crippen LogP contribution in [0.2, 0.25) is 0 Å². The van der Waals surface area contributed by atoms with Gasteiger partial charge in [-0.3, -0.25) is 0 Å². The maximum Gasteiger partial charge on any atom is 0.0189 e. The van der Waals surface area contributed by atoms with E-state index in [1.807, 2.05) is 0 Å². The van der Waals surface area contributed by atoms with Crippen molar-refractivity contribution in [1.29, 1.82) is 0 Å². The molecule has 1 fully saturated rings. The van der Waals surface area contributed by atoms with Gasteiger partial charge in [-0.2, -0.15) is 0 Å². The first-order valence-electron chi connectivity index (χ1n) is 7.21. The Balaban J connectivity index is 1.70. The van der Waals surface area contributed by atoms with Crippen LogP contribution in [-0.2, 0) is 0 Å². The van der Waals surface area contributed by atoms with E-state index in [1.54, 1.807) is 5.57 Å². The molecule has 2 rings (SSSR count). The average molecular weight is 221 g/mol. The number of hydrogen-bond acceptors (Lipinski definition) is 1. The molecule has 92 valence electrons. The van der Waals surface area contributed by atoms with E-state index in [0.29, 0.717) is 0 Å². The Hall–Kier alpha value is -0.300. The highest BCUT2D eigenvalue weighted by atomic mass is 15.1. The molecule has 1 saturated carbocycles. The highest BCUT2D eigenvalue weighted by Crippen LogP contribution is 2.25. The lowest BCUT2D eigenvalue weighted by atomic mass is 9.89. The van der Waals surface area contributed by atoms with E-state index < -0.39 is 0 Å². The second kappa shape index (κ2) is 6.44. The van der Waals surface area contributed by atoms with Crippen LogP contribution in [0.15, 0.2) is 11.6 Å². The molecule has 0 N–H and O–H groups in total. The van der Waals surface area contributed by atoms with Crippen molar-refractivity contribution in [2.75, 3.05) is 20.1 Å². The van der Waals surface area contributed by atoms with Gasteiger partial charge in [0.25, 0.3) is 0 Å². The molecule has 2 aliphatic rings. The van der Waals surface area contributed by atoms with Gasteiger partial charge in [-0.25, -0.2) is 0 Å². The molecular formula is C15H27N. The fraction of sp³-hybridized carbons (Fsp3) is 0.867. The molecule has 0 aromatic rings. The molecule has 0 amide bonds. The van der Waals surface area contributed by atoms with Crippen LogP contribution < -0.4 is 0 Å². The highest BCUT2D eigenvalue weighted by molar-refractivity contribution is 5.06. The van der Waals surface area contributed by atoms with Crippen LogP contribution in [0.5, 0.6) is 0 Å². The molecule has 1 heteroatoms. The third-order valence-corrected chi connectivity index (χ3v) is 4.15. The Morgan fingerprint density at radius 3 is 2.62 bits per heavy atom. The van der Waals surface area contributed by atoms with Crippen molar-refractivity contribution in [3.63, 3.8) is 0 Å². The summed E-state index contributed by atoms with van der Waals surface area (Å²) < 4.78 is 0. The Morgan fingerprint density at radius 1 is 1.12 bits per heavy atom. The van der Waals surface area contributed by atoms with Crippen molar-refractivity contribution in [1.82, 2.24) is 4.90 Å². The molecule has 0 heterocycles. The van der Waals surface area contributed by atoms with E-state index in [0.717, 1.165) is 5.92 Å². The molecule has 0 aromatic carbocycles. The summed E-state index contributed by atoms with van der Waals surface area (Å²) in [7, 11) is 2.31. The normalized spacial score (nSPS) is 23.5. The fourth-order valence-corrected chi connectivity index (χ4v) is 3.27. The molecule has 0 spiro atoms. The van der Waals surface area contributed by atoms with Crippen molar-refractivity contribution in [3.8, 4) is 0 Å². The lowest BCUT2D eigenvalue weighted by Gasteiger charge is -2.28. The van der Waals surface area contributed by atoms with Crippen LogP contribution in [0.4, 0.5) is 0 Å². The Morgan fingerprint density at radius 2 is 1.94 bits per heavy atom. The van der Waals surface area contributed by atoms with Gasteiger partial charge in [0.2, 0.25) is 0 Å². The van der Waals surface area contributed by atoms with Crippen LogP contribution in [0.3, 0.4) is 0 Å². The minimum Gasteiger partial charge on any atom is -0.302 e. The van der Waals surface area contributed by atoms with Crippen molar-refractivity contribution < 1.29 is 0 Å². The molecule has 0 aliphatic heterocycles. The predicted octanol–water partition coefficient (Wildman–Crippen LogP) is 4.00. The summed E-state index contributed by atoms with van der Waals surface area (Å²) in [5, 5.41) is 0. The Kier molecular flexibility index (Phi) is 4.90. The molecule has 0 bridgehead atoms. The van der Waals surface area contributed by atoms with Gasteiger partial charge < -0.3 is 4.90 Å². The molecule has 0 saturated heterocycles. The zero-order chi connectivity index (χ0) is 11.2. The SMILES string of the molecule is CN(CC1=CCCCC1)CC1CCCCC1. The van der Waals surface area contributed by atoms with Gasteiger partial charge in [0.05, 0.1) is 0 Å². The van der Waals surface area contributed by atoms with Gasteiger partial charge in [0.1, 0.15) is 0 Å². The standard InChI is InChI=1S/C15H27N/c1-16(12-14-8-4-2-5-9-14)13-15-10-6-3-7-11-15/h8,15H,2-7,9-13H2,1H3.